The molecule has 1 N–H and O–H groups in total. The molecule has 0 aromatic carbocycles. The maximum Gasteiger partial charge on any atom is 0.0763 e. The molecule has 0 aliphatic heterocycles. The lowest BCUT2D eigenvalue weighted by atomic mass is 10.5. The van der Waals surface area contributed by atoms with E-state index in [-0.39, 0.29) is 5.88 Å². The van der Waals surface area contributed by atoms with Gasteiger partial charge in [0, 0.05) is 11.6 Å². The second-order valence-electron chi connectivity index (χ2n) is 0.991. The molecule has 0 heterocycles. The minimum absolute atomic E-state index is 0.281. The standard InChI is InChI=1S/C3H7ClOS/c4-1-3(5)2-6/h3,5-6H,1-2H2/t3-/m0/s1. The average molecular weight is 127 g/mol. The molecule has 0 saturated carbocycles. The monoisotopic (exact) mass is 126 g/mol. The predicted molar refractivity (Wildman–Crippen MR) is 30.6 cm³/mol. The Hall–Kier alpha value is 0.600. The van der Waals surface area contributed by atoms with Crippen LogP contribution in [0, 0.1) is 0 Å². The van der Waals surface area contributed by atoms with Crippen molar-refractivity contribution in [3.63, 3.8) is 0 Å². The van der Waals surface area contributed by atoms with Crippen LogP contribution in [0.25, 0.3) is 0 Å². The van der Waals surface area contributed by atoms with Gasteiger partial charge in [-0.2, -0.15) is 12.6 Å². The minimum Gasteiger partial charge on any atom is -0.391 e. The molecule has 1 atom stereocenters. The summed E-state index contributed by atoms with van der Waals surface area (Å²) in [5.41, 5.74) is 0. The topological polar surface area (TPSA) is 20.2 Å². The SMILES string of the molecule is O[C@H](CS)CCl. The third-order valence-corrected chi connectivity index (χ3v) is 1.17. The molecule has 38 valence electrons. The van der Waals surface area contributed by atoms with Gasteiger partial charge in [0.2, 0.25) is 0 Å². The molecule has 0 unspecified atom stereocenters. The van der Waals surface area contributed by atoms with Gasteiger partial charge in [-0.1, -0.05) is 0 Å². The summed E-state index contributed by atoms with van der Waals surface area (Å²) in [7, 11) is 0. The molecule has 0 radical (unpaired) electrons. The first kappa shape index (κ1) is 6.60. The summed E-state index contributed by atoms with van der Waals surface area (Å²) in [6.07, 6.45) is -0.435. The molecular formula is C3H7ClOS. The van der Waals surface area contributed by atoms with Crippen LogP contribution in [0.2, 0.25) is 0 Å². The maximum atomic E-state index is 8.46. The number of rotatable bonds is 2. The van der Waals surface area contributed by atoms with Gasteiger partial charge in [0.1, 0.15) is 0 Å². The van der Waals surface area contributed by atoms with Gasteiger partial charge >= 0.3 is 0 Å². The molecule has 0 saturated heterocycles. The Labute approximate surface area is 47.7 Å². The van der Waals surface area contributed by atoms with Crippen LogP contribution in [0.5, 0.6) is 0 Å². The van der Waals surface area contributed by atoms with E-state index in [1.807, 2.05) is 0 Å². The highest BCUT2D eigenvalue weighted by Crippen LogP contribution is 1.87. The van der Waals surface area contributed by atoms with Crippen LogP contribution < -0.4 is 0 Å². The zero-order chi connectivity index (χ0) is 4.99. The van der Waals surface area contributed by atoms with Crippen molar-refractivity contribution in [3.05, 3.63) is 0 Å². The molecule has 6 heavy (non-hydrogen) atoms. The summed E-state index contributed by atoms with van der Waals surface area (Å²) in [6.45, 7) is 0. The molecule has 0 bridgehead atoms. The van der Waals surface area contributed by atoms with Crippen molar-refractivity contribution >= 4 is 24.2 Å². The van der Waals surface area contributed by atoms with Crippen molar-refractivity contribution < 1.29 is 5.11 Å². The van der Waals surface area contributed by atoms with Crippen LogP contribution in [0.1, 0.15) is 0 Å². The second kappa shape index (κ2) is 3.78. The fourth-order valence-electron chi connectivity index (χ4n) is 0.0488. The number of thiol groups is 1. The first-order valence-corrected chi connectivity index (χ1v) is 2.83. The lowest BCUT2D eigenvalue weighted by Gasteiger charge is -1.96. The van der Waals surface area contributed by atoms with Gasteiger partial charge in [-0.3, -0.25) is 0 Å². The maximum absolute atomic E-state index is 8.46. The van der Waals surface area contributed by atoms with E-state index in [0.717, 1.165) is 0 Å². The number of hydrogen-bond acceptors (Lipinski definition) is 2. The summed E-state index contributed by atoms with van der Waals surface area (Å²) in [4.78, 5) is 0. The molecule has 0 rings (SSSR count). The largest absolute Gasteiger partial charge is 0.391 e. The summed E-state index contributed by atoms with van der Waals surface area (Å²) in [5, 5.41) is 8.46. The average Bonchev–Trinajstić information content (AvgIpc) is 1.65. The quantitative estimate of drug-likeness (QED) is 0.408. The fourth-order valence-corrected chi connectivity index (χ4v) is 0.439. The van der Waals surface area contributed by atoms with E-state index in [4.69, 9.17) is 16.7 Å². The second-order valence-corrected chi connectivity index (χ2v) is 1.66. The highest BCUT2D eigenvalue weighted by molar-refractivity contribution is 7.80. The summed E-state index contributed by atoms with van der Waals surface area (Å²) in [5.74, 6) is 0.729. The van der Waals surface area contributed by atoms with E-state index in [1.54, 1.807) is 0 Å². The van der Waals surface area contributed by atoms with E-state index in [0.29, 0.717) is 5.75 Å². The Morgan fingerprint density at radius 2 is 2.33 bits per heavy atom. The van der Waals surface area contributed by atoms with Crippen LogP contribution in [0.15, 0.2) is 0 Å². The predicted octanol–water partition coefficient (Wildman–Crippen LogP) is 0.516. The van der Waals surface area contributed by atoms with Crippen molar-refractivity contribution in [1.82, 2.24) is 0 Å². The molecule has 0 aromatic heterocycles. The molecule has 0 amide bonds. The van der Waals surface area contributed by atoms with Crippen LogP contribution in [-0.2, 0) is 0 Å². The van der Waals surface area contributed by atoms with Gasteiger partial charge in [0.05, 0.1) is 6.10 Å². The number of aliphatic hydroxyl groups is 1. The Kier molecular flexibility index (Phi) is 4.16. The fraction of sp³-hybridized carbons (Fsp3) is 1.00. The van der Waals surface area contributed by atoms with E-state index in [1.165, 1.54) is 0 Å². The Bertz CT molecular complexity index is 30.0. The van der Waals surface area contributed by atoms with Gasteiger partial charge in [0.25, 0.3) is 0 Å². The Morgan fingerprint density at radius 3 is 2.33 bits per heavy atom. The molecule has 0 aromatic rings. The van der Waals surface area contributed by atoms with Gasteiger partial charge in [-0.05, 0) is 0 Å². The van der Waals surface area contributed by atoms with Gasteiger partial charge < -0.3 is 5.11 Å². The number of alkyl halides is 1. The molecule has 0 spiro atoms. The van der Waals surface area contributed by atoms with Crippen molar-refractivity contribution in [2.24, 2.45) is 0 Å². The molecule has 0 aliphatic carbocycles. The van der Waals surface area contributed by atoms with Gasteiger partial charge in [-0.25, -0.2) is 0 Å². The summed E-state index contributed by atoms with van der Waals surface area (Å²) < 4.78 is 0. The zero-order valence-corrected chi connectivity index (χ0v) is 4.91. The first-order valence-electron chi connectivity index (χ1n) is 1.66. The van der Waals surface area contributed by atoms with Crippen molar-refractivity contribution in [2.45, 2.75) is 6.10 Å². The molecule has 1 nitrogen and oxygen atoms in total. The van der Waals surface area contributed by atoms with Crippen molar-refractivity contribution in [2.75, 3.05) is 11.6 Å². The van der Waals surface area contributed by atoms with Crippen molar-refractivity contribution in [3.8, 4) is 0 Å². The van der Waals surface area contributed by atoms with E-state index in [2.05, 4.69) is 12.6 Å². The molecule has 0 aliphatic rings. The van der Waals surface area contributed by atoms with Crippen LogP contribution in [0.3, 0.4) is 0 Å². The van der Waals surface area contributed by atoms with Crippen LogP contribution in [-0.4, -0.2) is 22.8 Å². The van der Waals surface area contributed by atoms with Crippen molar-refractivity contribution in [1.29, 1.82) is 0 Å². The molecule has 3 heteroatoms. The van der Waals surface area contributed by atoms with Gasteiger partial charge in [-0.15, -0.1) is 11.6 Å². The lowest BCUT2D eigenvalue weighted by molar-refractivity contribution is 0.224. The summed E-state index contributed by atoms with van der Waals surface area (Å²) in [6, 6.07) is 0. The highest BCUT2D eigenvalue weighted by atomic mass is 35.5. The van der Waals surface area contributed by atoms with E-state index in [9.17, 15) is 0 Å². The highest BCUT2D eigenvalue weighted by Gasteiger charge is 1.93. The number of aliphatic hydroxyl groups excluding tert-OH is 1. The lowest BCUT2D eigenvalue weighted by Crippen LogP contribution is -2.08. The molecule has 0 fully saturated rings. The number of hydrogen-bond donors (Lipinski definition) is 2. The summed E-state index contributed by atoms with van der Waals surface area (Å²) >= 11 is 8.91. The Balaban J connectivity index is 2.75. The van der Waals surface area contributed by atoms with Crippen LogP contribution in [0.4, 0.5) is 0 Å². The number of halogens is 1. The third-order valence-electron chi connectivity index (χ3n) is 0.389. The van der Waals surface area contributed by atoms with Gasteiger partial charge in [0.15, 0.2) is 0 Å². The van der Waals surface area contributed by atoms with Crippen LogP contribution >= 0.6 is 24.2 Å². The van der Waals surface area contributed by atoms with E-state index < -0.39 is 6.10 Å². The first-order chi connectivity index (χ1) is 2.81. The third kappa shape index (κ3) is 2.82. The smallest absolute Gasteiger partial charge is 0.0763 e. The van der Waals surface area contributed by atoms with E-state index >= 15 is 0 Å². The normalized spacial score (nSPS) is 14.5. The zero-order valence-electron chi connectivity index (χ0n) is 3.26. The Morgan fingerprint density at radius 1 is 1.83 bits per heavy atom. The molecular weight excluding hydrogens is 120 g/mol. The minimum atomic E-state index is -0.435.